The van der Waals surface area contributed by atoms with Crippen LogP contribution in [0.3, 0.4) is 0 Å². The number of nitrogens with two attached hydrogens (primary N) is 2. The quantitative estimate of drug-likeness (QED) is 0.788. The number of anilines is 3. The third kappa shape index (κ3) is 2.89. The van der Waals surface area contributed by atoms with Crippen LogP contribution in [0.5, 0.6) is 0 Å². The first kappa shape index (κ1) is 15.4. The number of likely N-dealkylation sites (N-methyl/N-ethyl adjacent to an activating group) is 1. The van der Waals surface area contributed by atoms with E-state index in [1.165, 1.54) is 6.07 Å². The summed E-state index contributed by atoms with van der Waals surface area (Å²) < 4.78 is 26.7. The molecular formula is C15H18F2N6. The molecule has 1 aliphatic heterocycles. The first-order valence-electron chi connectivity index (χ1n) is 7.36. The zero-order valence-corrected chi connectivity index (χ0v) is 12.7. The average Bonchev–Trinajstić information content (AvgIpc) is 2.45. The summed E-state index contributed by atoms with van der Waals surface area (Å²) in [6.07, 6.45) is 0. The molecule has 1 saturated heterocycles. The maximum absolute atomic E-state index is 13.6. The van der Waals surface area contributed by atoms with E-state index in [4.69, 9.17) is 11.5 Å². The van der Waals surface area contributed by atoms with E-state index in [2.05, 4.69) is 15.3 Å². The van der Waals surface area contributed by atoms with Gasteiger partial charge in [-0.25, -0.2) is 8.78 Å². The molecule has 5 N–H and O–H groups in total. The number of halogens is 2. The van der Waals surface area contributed by atoms with Crippen molar-refractivity contribution in [1.82, 2.24) is 15.3 Å². The monoisotopic (exact) mass is 320 g/mol. The van der Waals surface area contributed by atoms with Crippen LogP contribution in [-0.4, -0.2) is 35.6 Å². The van der Waals surface area contributed by atoms with E-state index in [0.717, 1.165) is 31.8 Å². The van der Waals surface area contributed by atoms with E-state index in [-0.39, 0.29) is 11.8 Å². The fraction of sp³-hybridized carbons (Fsp3) is 0.333. The van der Waals surface area contributed by atoms with Crippen LogP contribution >= 0.6 is 0 Å². The third-order valence-corrected chi connectivity index (χ3v) is 3.82. The number of benzene rings is 1. The minimum Gasteiger partial charge on any atom is -0.383 e. The number of rotatable bonds is 4. The lowest BCUT2D eigenvalue weighted by molar-refractivity contribution is 0.427. The molecule has 0 radical (unpaired) electrons. The lowest BCUT2D eigenvalue weighted by atomic mass is 10.0. The van der Waals surface area contributed by atoms with Crippen LogP contribution in [0.15, 0.2) is 18.2 Å². The van der Waals surface area contributed by atoms with Crippen LogP contribution in [0.1, 0.15) is 6.92 Å². The Bertz CT molecular complexity index is 730. The molecule has 0 bridgehead atoms. The minimum absolute atomic E-state index is 0.0516. The molecule has 0 amide bonds. The Morgan fingerprint density at radius 2 is 1.96 bits per heavy atom. The largest absolute Gasteiger partial charge is 0.383 e. The van der Waals surface area contributed by atoms with Crippen molar-refractivity contribution in [3.05, 3.63) is 29.8 Å². The van der Waals surface area contributed by atoms with Crippen LogP contribution in [0, 0.1) is 11.6 Å². The number of aromatic nitrogens is 2. The van der Waals surface area contributed by atoms with E-state index in [0.29, 0.717) is 23.0 Å². The predicted octanol–water partition coefficient (Wildman–Crippen LogP) is 1.38. The molecule has 2 heterocycles. The topological polar surface area (TPSA) is 93.1 Å². The molecular weight excluding hydrogens is 302 g/mol. The van der Waals surface area contributed by atoms with Crippen LogP contribution in [0.2, 0.25) is 0 Å². The summed E-state index contributed by atoms with van der Waals surface area (Å²) in [5, 5.41) is 3.33. The summed E-state index contributed by atoms with van der Waals surface area (Å²) in [4.78, 5) is 10.2. The summed E-state index contributed by atoms with van der Waals surface area (Å²) in [5.74, 6) is -1.13. The second kappa shape index (κ2) is 5.96. The Labute approximate surface area is 132 Å². The van der Waals surface area contributed by atoms with E-state index in [1.807, 2.05) is 11.8 Å². The van der Waals surface area contributed by atoms with Gasteiger partial charge in [0.1, 0.15) is 11.6 Å². The van der Waals surface area contributed by atoms with Crippen molar-refractivity contribution >= 4 is 17.6 Å². The van der Waals surface area contributed by atoms with Crippen LogP contribution in [0.4, 0.5) is 26.4 Å². The van der Waals surface area contributed by atoms with Gasteiger partial charge < -0.3 is 21.7 Å². The lowest BCUT2D eigenvalue weighted by Crippen LogP contribution is -2.58. The van der Waals surface area contributed by atoms with Gasteiger partial charge in [-0.05, 0) is 24.2 Å². The van der Waals surface area contributed by atoms with Gasteiger partial charge in [-0.15, -0.1) is 0 Å². The summed E-state index contributed by atoms with van der Waals surface area (Å²) in [6.45, 7) is 4.39. The summed E-state index contributed by atoms with van der Waals surface area (Å²) in [6, 6.07) is 3.96. The second-order valence-corrected chi connectivity index (χ2v) is 5.45. The standard InChI is InChI=1S/C15H18F2N6/c1-2-20-9-6-23(7-9)14-12(13(18)21-15(19)22-14)8-3-4-10(16)11(17)5-8/h3-5,9,20H,2,6-7H2,1H3,(H4,18,19,21,22). The molecule has 0 atom stereocenters. The van der Waals surface area contributed by atoms with Gasteiger partial charge >= 0.3 is 0 Å². The van der Waals surface area contributed by atoms with Gasteiger partial charge in [-0.1, -0.05) is 13.0 Å². The first-order valence-corrected chi connectivity index (χ1v) is 7.36. The molecule has 1 aromatic carbocycles. The number of nitrogens with one attached hydrogen (secondary N) is 1. The lowest BCUT2D eigenvalue weighted by Gasteiger charge is -2.41. The number of hydrogen-bond acceptors (Lipinski definition) is 6. The van der Waals surface area contributed by atoms with Gasteiger partial charge in [0.15, 0.2) is 11.6 Å². The van der Waals surface area contributed by atoms with Gasteiger partial charge in [-0.2, -0.15) is 9.97 Å². The Balaban J connectivity index is 2.01. The van der Waals surface area contributed by atoms with Crippen molar-refractivity contribution in [2.24, 2.45) is 0 Å². The third-order valence-electron chi connectivity index (χ3n) is 3.82. The smallest absolute Gasteiger partial charge is 0.223 e. The van der Waals surface area contributed by atoms with Crippen LogP contribution in [0.25, 0.3) is 11.1 Å². The summed E-state index contributed by atoms with van der Waals surface area (Å²) in [5.41, 5.74) is 12.5. The molecule has 1 aromatic heterocycles. The fourth-order valence-corrected chi connectivity index (χ4v) is 2.71. The van der Waals surface area contributed by atoms with Crippen molar-refractivity contribution in [2.75, 3.05) is 36.0 Å². The van der Waals surface area contributed by atoms with Crippen molar-refractivity contribution in [2.45, 2.75) is 13.0 Å². The Morgan fingerprint density at radius 3 is 2.61 bits per heavy atom. The molecule has 0 spiro atoms. The summed E-state index contributed by atoms with van der Waals surface area (Å²) in [7, 11) is 0. The molecule has 0 unspecified atom stereocenters. The van der Waals surface area contributed by atoms with E-state index >= 15 is 0 Å². The fourth-order valence-electron chi connectivity index (χ4n) is 2.71. The van der Waals surface area contributed by atoms with Gasteiger partial charge in [0, 0.05) is 19.1 Å². The van der Waals surface area contributed by atoms with E-state index in [1.54, 1.807) is 0 Å². The molecule has 122 valence electrons. The number of nitrogens with zero attached hydrogens (tertiary/aromatic N) is 3. The Kier molecular flexibility index (Phi) is 3.99. The molecule has 8 heteroatoms. The van der Waals surface area contributed by atoms with Crippen LogP contribution in [-0.2, 0) is 0 Å². The maximum atomic E-state index is 13.6. The second-order valence-electron chi connectivity index (χ2n) is 5.45. The number of nitrogen functional groups attached to an aromatic ring is 2. The Hall–Kier alpha value is -2.48. The molecule has 3 rings (SSSR count). The van der Waals surface area contributed by atoms with E-state index in [9.17, 15) is 8.78 Å². The molecule has 0 saturated carbocycles. The molecule has 1 fully saturated rings. The molecule has 6 nitrogen and oxygen atoms in total. The molecule has 0 aliphatic carbocycles. The van der Waals surface area contributed by atoms with Gasteiger partial charge in [0.2, 0.25) is 5.95 Å². The zero-order chi connectivity index (χ0) is 16.6. The molecule has 23 heavy (non-hydrogen) atoms. The number of hydrogen-bond donors (Lipinski definition) is 3. The highest BCUT2D eigenvalue weighted by Crippen LogP contribution is 2.36. The van der Waals surface area contributed by atoms with Crippen molar-refractivity contribution in [3.8, 4) is 11.1 Å². The van der Waals surface area contributed by atoms with Crippen molar-refractivity contribution in [3.63, 3.8) is 0 Å². The highest BCUT2D eigenvalue weighted by molar-refractivity contribution is 5.85. The van der Waals surface area contributed by atoms with Gasteiger partial charge in [0.05, 0.1) is 5.56 Å². The Morgan fingerprint density at radius 1 is 1.22 bits per heavy atom. The van der Waals surface area contributed by atoms with Crippen LogP contribution < -0.4 is 21.7 Å². The van der Waals surface area contributed by atoms with E-state index < -0.39 is 11.6 Å². The van der Waals surface area contributed by atoms with Gasteiger partial charge in [0.25, 0.3) is 0 Å². The van der Waals surface area contributed by atoms with Crippen molar-refractivity contribution in [1.29, 1.82) is 0 Å². The first-order chi connectivity index (χ1) is 11.0. The van der Waals surface area contributed by atoms with Crippen molar-refractivity contribution < 1.29 is 8.78 Å². The minimum atomic E-state index is -0.946. The highest BCUT2D eigenvalue weighted by Gasteiger charge is 2.30. The van der Waals surface area contributed by atoms with Gasteiger partial charge in [-0.3, -0.25) is 0 Å². The SMILES string of the molecule is CCNC1CN(c2nc(N)nc(N)c2-c2ccc(F)c(F)c2)C1. The maximum Gasteiger partial charge on any atom is 0.223 e. The summed E-state index contributed by atoms with van der Waals surface area (Å²) >= 11 is 0. The average molecular weight is 320 g/mol. The molecule has 1 aliphatic rings. The highest BCUT2D eigenvalue weighted by atomic mass is 19.2. The normalized spacial score (nSPS) is 14.8. The zero-order valence-electron chi connectivity index (χ0n) is 12.7. The predicted molar refractivity (Wildman–Crippen MR) is 85.9 cm³/mol. The molecule has 2 aromatic rings.